The lowest BCUT2D eigenvalue weighted by atomic mass is 10.3. The average molecular weight is 148 g/mol. The molecule has 0 aliphatic heterocycles. The van der Waals surface area contributed by atoms with Gasteiger partial charge in [0.25, 0.3) is 0 Å². The van der Waals surface area contributed by atoms with Crippen LogP contribution in [-0.2, 0) is 0 Å². The highest BCUT2D eigenvalue weighted by Crippen LogP contribution is 2.17. The van der Waals surface area contributed by atoms with Gasteiger partial charge in [0.15, 0.2) is 0 Å². The summed E-state index contributed by atoms with van der Waals surface area (Å²) in [6.07, 6.45) is 0. The number of hydrogen-bond acceptors (Lipinski definition) is 2. The molecule has 0 spiro atoms. The van der Waals surface area contributed by atoms with Gasteiger partial charge in [-0.2, -0.15) is 0 Å². The molecule has 0 aromatic heterocycles. The second-order valence-electron chi connectivity index (χ2n) is 2.51. The molecule has 0 N–H and O–H groups in total. The van der Waals surface area contributed by atoms with E-state index in [9.17, 15) is 0 Å². The third-order valence-corrected chi connectivity index (χ3v) is 1.48. The molecule has 3 nitrogen and oxygen atoms in total. The van der Waals surface area contributed by atoms with Crippen LogP contribution in [0.15, 0.2) is 29.4 Å². The van der Waals surface area contributed by atoms with Crippen LogP contribution >= 0.6 is 0 Å². The minimum absolute atomic E-state index is 0.579. The Hall–Kier alpha value is -1.38. The molecule has 0 heterocycles. The molecule has 58 valence electrons. The van der Waals surface area contributed by atoms with Crippen LogP contribution in [0.3, 0.4) is 0 Å². The van der Waals surface area contributed by atoms with Gasteiger partial charge in [0.05, 0.1) is 0 Å². The van der Waals surface area contributed by atoms with Crippen molar-refractivity contribution in [2.45, 2.75) is 0 Å². The molecule has 1 aromatic rings. The third kappa shape index (κ3) is 1.77. The molecule has 0 amide bonds. The van der Waals surface area contributed by atoms with Crippen molar-refractivity contribution in [1.29, 1.82) is 0 Å². The first kappa shape index (κ1) is 7.72. The van der Waals surface area contributed by atoms with E-state index in [1.807, 2.05) is 31.1 Å². The second-order valence-corrected chi connectivity index (χ2v) is 2.51. The van der Waals surface area contributed by atoms with Crippen molar-refractivity contribution in [3.63, 3.8) is 0 Å². The maximum absolute atomic E-state index is 8.38. The molecule has 0 aliphatic rings. The lowest BCUT2D eigenvalue weighted by Gasteiger charge is -2.11. The van der Waals surface area contributed by atoms with Crippen LogP contribution < -0.4 is 4.90 Å². The summed E-state index contributed by atoms with van der Waals surface area (Å²) in [5.74, 6) is 0. The fourth-order valence-corrected chi connectivity index (χ4v) is 0.817. The van der Waals surface area contributed by atoms with E-state index in [2.05, 4.69) is 5.11 Å². The fourth-order valence-electron chi connectivity index (χ4n) is 0.817. The predicted molar refractivity (Wildman–Crippen MR) is 46.2 cm³/mol. The molecule has 1 aromatic carbocycles. The van der Waals surface area contributed by atoms with E-state index >= 15 is 0 Å². The van der Waals surface area contributed by atoms with Gasteiger partial charge in [-0.3, -0.25) is 0 Å². The lowest BCUT2D eigenvalue weighted by molar-refractivity contribution is 1.13. The van der Waals surface area contributed by atoms with E-state index in [0.29, 0.717) is 5.69 Å². The summed E-state index contributed by atoms with van der Waals surface area (Å²) in [5, 5.41) is 3.05. The standard InChI is InChI=1S/C8H10N3/c1-11(2)8-5-3-7(10-9)4-6-8/h3-6H,1-2H3/q-1. The molecule has 0 radical (unpaired) electrons. The Bertz CT molecular complexity index is 238. The Morgan fingerprint density at radius 2 is 1.73 bits per heavy atom. The van der Waals surface area contributed by atoms with Gasteiger partial charge in [-0.25, -0.2) is 0 Å². The van der Waals surface area contributed by atoms with Crippen LogP contribution in [0.1, 0.15) is 0 Å². The maximum Gasteiger partial charge on any atom is 0.0397 e. The Labute approximate surface area is 66.2 Å². The Morgan fingerprint density at radius 1 is 1.18 bits per heavy atom. The highest BCUT2D eigenvalue weighted by molar-refractivity contribution is 5.51. The molecule has 0 fully saturated rings. The molecular formula is C8H10N3-. The second kappa shape index (κ2) is 3.14. The monoisotopic (exact) mass is 148 g/mol. The van der Waals surface area contributed by atoms with Gasteiger partial charge in [0, 0.05) is 25.5 Å². The molecular weight excluding hydrogens is 138 g/mol. The predicted octanol–water partition coefficient (Wildman–Crippen LogP) is 2.41. The van der Waals surface area contributed by atoms with E-state index in [1.54, 1.807) is 12.1 Å². The van der Waals surface area contributed by atoms with E-state index in [4.69, 9.17) is 5.53 Å². The zero-order valence-corrected chi connectivity index (χ0v) is 6.65. The van der Waals surface area contributed by atoms with Crippen molar-refractivity contribution in [1.82, 2.24) is 0 Å². The quantitative estimate of drug-likeness (QED) is 0.593. The largest absolute Gasteiger partial charge is 0.706 e. The number of hydrogen-bond donors (Lipinski definition) is 0. The summed E-state index contributed by atoms with van der Waals surface area (Å²) in [5.41, 5.74) is 10.1. The SMILES string of the molecule is CN(C)c1ccc(N=[N-])cc1. The van der Waals surface area contributed by atoms with Crippen molar-refractivity contribution in [3.05, 3.63) is 29.8 Å². The first-order valence-corrected chi connectivity index (χ1v) is 3.36. The van der Waals surface area contributed by atoms with Crippen LogP contribution in [0, 0.1) is 0 Å². The average Bonchev–Trinajstić information content (AvgIpc) is 2.05. The first-order chi connectivity index (χ1) is 5.24. The Balaban J connectivity index is 2.91. The van der Waals surface area contributed by atoms with Crippen molar-refractivity contribution < 1.29 is 0 Å². The summed E-state index contributed by atoms with van der Waals surface area (Å²) < 4.78 is 0. The van der Waals surface area contributed by atoms with E-state index in [1.165, 1.54) is 0 Å². The molecule has 3 heteroatoms. The van der Waals surface area contributed by atoms with Crippen LogP contribution in [0.25, 0.3) is 5.53 Å². The highest BCUT2D eigenvalue weighted by Gasteiger charge is 1.91. The fraction of sp³-hybridized carbons (Fsp3) is 0.250. The van der Waals surface area contributed by atoms with Crippen molar-refractivity contribution in [3.8, 4) is 0 Å². The van der Waals surface area contributed by atoms with Gasteiger partial charge < -0.3 is 15.5 Å². The summed E-state index contributed by atoms with van der Waals surface area (Å²) in [4.78, 5) is 1.99. The van der Waals surface area contributed by atoms with Gasteiger partial charge in [-0.1, -0.05) is 0 Å². The van der Waals surface area contributed by atoms with Gasteiger partial charge in [0.1, 0.15) is 0 Å². The van der Waals surface area contributed by atoms with Gasteiger partial charge in [-0.05, 0) is 24.3 Å². The topological polar surface area (TPSA) is 37.9 Å². The summed E-state index contributed by atoms with van der Waals surface area (Å²) >= 11 is 0. The van der Waals surface area contributed by atoms with Crippen LogP contribution in [0.4, 0.5) is 11.4 Å². The highest BCUT2D eigenvalue weighted by atomic mass is 15.1. The third-order valence-electron chi connectivity index (χ3n) is 1.48. The van der Waals surface area contributed by atoms with Gasteiger partial charge in [-0.15, -0.1) is 0 Å². The summed E-state index contributed by atoms with van der Waals surface area (Å²) in [6.45, 7) is 0. The molecule has 1 rings (SSSR count). The molecule has 0 aliphatic carbocycles. The van der Waals surface area contributed by atoms with Crippen LogP contribution in [0.5, 0.6) is 0 Å². The first-order valence-electron chi connectivity index (χ1n) is 3.36. The van der Waals surface area contributed by atoms with Crippen molar-refractivity contribution in [2.24, 2.45) is 5.11 Å². The minimum Gasteiger partial charge on any atom is -0.706 e. The Morgan fingerprint density at radius 3 is 2.09 bits per heavy atom. The number of rotatable bonds is 2. The lowest BCUT2D eigenvalue weighted by Crippen LogP contribution is -2.07. The van der Waals surface area contributed by atoms with Crippen molar-refractivity contribution >= 4 is 11.4 Å². The van der Waals surface area contributed by atoms with Gasteiger partial charge in [0.2, 0.25) is 0 Å². The summed E-state index contributed by atoms with van der Waals surface area (Å²) in [7, 11) is 3.93. The molecule has 0 saturated carbocycles. The molecule has 0 atom stereocenters. The van der Waals surface area contributed by atoms with Crippen molar-refractivity contribution in [2.75, 3.05) is 19.0 Å². The number of nitrogens with zero attached hydrogens (tertiary/aromatic N) is 3. The van der Waals surface area contributed by atoms with E-state index in [-0.39, 0.29) is 0 Å². The van der Waals surface area contributed by atoms with Crippen LogP contribution in [0.2, 0.25) is 0 Å². The zero-order valence-electron chi connectivity index (χ0n) is 6.65. The molecule has 0 bridgehead atoms. The maximum atomic E-state index is 8.38. The summed E-state index contributed by atoms with van der Waals surface area (Å²) in [6, 6.07) is 7.31. The minimum atomic E-state index is 0.579. The van der Waals surface area contributed by atoms with E-state index in [0.717, 1.165) is 5.69 Å². The smallest absolute Gasteiger partial charge is 0.0397 e. The number of anilines is 1. The molecule has 0 saturated heterocycles. The number of benzene rings is 1. The van der Waals surface area contributed by atoms with E-state index < -0.39 is 0 Å². The Kier molecular flexibility index (Phi) is 2.21. The normalized spacial score (nSPS) is 9.27. The van der Waals surface area contributed by atoms with Crippen LogP contribution in [-0.4, -0.2) is 14.1 Å². The van der Waals surface area contributed by atoms with Gasteiger partial charge >= 0.3 is 0 Å². The molecule has 11 heavy (non-hydrogen) atoms. The molecule has 0 unspecified atom stereocenters. The zero-order chi connectivity index (χ0) is 8.27.